The third-order valence-corrected chi connectivity index (χ3v) is 4.68. The van der Waals surface area contributed by atoms with E-state index in [2.05, 4.69) is 0 Å². The van der Waals surface area contributed by atoms with Crippen molar-refractivity contribution >= 4 is 47.9 Å². The molecular formula is C6H4Cl2O3S2. The number of halogens is 2. The Morgan fingerprint density at radius 3 is 2.31 bits per heavy atom. The molecule has 13 heavy (non-hydrogen) atoms. The summed E-state index contributed by atoms with van der Waals surface area (Å²) < 4.78 is 21.6. The van der Waals surface area contributed by atoms with Crippen molar-refractivity contribution in [1.29, 1.82) is 0 Å². The minimum Gasteiger partial charge on any atom is -0.276 e. The van der Waals surface area contributed by atoms with E-state index in [0.717, 1.165) is 11.3 Å². The van der Waals surface area contributed by atoms with Crippen LogP contribution in [0.3, 0.4) is 0 Å². The fourth-order valence-corrected chi connectivity index (χ4v) is 3.21. The Balaban J connectivity index is 3.33. The molecule has 1 heterocycles. The summed E-state index contributed by atoms with van der Waals surface area (Å²) in [6.45, 7) is 1.60. The minimum absolute atomic E-state index is 0.0596. The van der Waals surface area contributed by atoms with Crippen LogP contribution in [0.5, 0.6) is 0 Å². The van der Waals surface area contributed by atoms with E-state index >= 15 is 0 Å². The molecule has 0 aromatic carbocycles. The summed E-state index contributed by atoms with van der Waals surface area (Å²) in [6.07, 6.45) is 0. The Morgan fingerprint density at radius 1 is 1.54 bits per heavy atom. The van der Waals surface area contributed by atoms with E-state index in [-0.39, 0.29) is 9.77 Å². The van der Waals surface area contributed by atoms with Gasteiger partial charge < -0.3 is 0 Å². The first-order chi connectivity index (χ1) is 5.82. The predicted octanol–water partition coefficient (Wildman–Crippen LogP) is 2.36. The van der Waals surface area contributed by atoms with Crippen molar-refractivity contribution in [2.45, 2.75) is 11.1 Å². The van der Waals surface area contributed by atoms with Gasteiger partial charge in [0.1, 0.15) is 4.21 Å². The lowest BCUT2D eigenvalue weighted by molar-refractivity contribution is 0.108. The van der Waals surface area contributed by atoms with Crippen LogP contribution in [0, 0.1) is 6.92 Å². The zero-order valence-corrected chi connectivity index (χ0v) is 9.52. The van der Waals surface area contributed by atoms with Gasteiger partial charge in [0.25, 0.3) is 14.3 Å². The van der Waals surface area contributed by atoms with E-state index in [0.29, 0.717) is 4.88 Å². The second-order valence-corrected chi connectivity index (χ2v) is 6.64. The van der Waals surface area contributed by atoms with E-state index in [4.69, 9.17) is 22.3 Å². The molecule has 7 heteroatoms. The van der Waals surface area contributed by atoms with Crippen molar-refractivity contribution in [2.75, 3.05) is 0 Å². The molecule has 0 saturated carbocycles. The molecule has 0 radical (unpaired) electrons. The maximum atomic E-state index is 10.8. The fraction of sp³-hybridized carbons (Fsp3) is 0.167. The summed E-state index contributed by atoms with van der Waals surface area (Å²) in [5.41, 5.74) is 0.186. The standard InChI is InChI=1S/C6H4Cl2O3S2/c1-3-4(6(7)9)2-5(12-3)13(8,10)11/h2H,1H3. The molecule has 0 N–H and O–H groups in total. The van der Waals surface area contributed by atoms with Crippen LogP contribution in [0.1, 0.15) is 15.2 Å². The normalized spacial score (nSPS) is 11.6. The zero-order chi connectivity index (χ0) is 10.2. The van der Waals surface area contributed by atoms with Gasteiger partial charge in [-0.2, -0.15) is 0 Å². The molecule has 0 amide bonds. The second-order valence-electron chi connectivity index (χ2n) is 2.25. The first-order valence-electron chi connectivity index (χ1n) is 3.07. The number of hydrogen-bond donors (Lipinski definition) is 0. The Hall–Kier alpha value is -0.100. The largest absolute Gasteiger partial charge is 0.276 e. The molecular weight excluding hydrogens is 255 g/mol. The van der Waals surface area contributed by atoms with Gasteiger partial charge in [-0.15, -0.1) is 11.3 Å². The summed E-state index contributed by atoms with van der Waals surface area (Å²) >= 11 is 6.13. The summed E-state index contributed by atoms with van der Waals surface area (Å²) in [5.74, 6) is 0. The minimum atomic E-state index is -3.76. The Labute approximate surface area is 88.7 Å². The van der Waals surface area contributed by atoms with Crippen LogP contribution >= 0.6 is 33.6 Å². The first-order valence-corrected chi connectivity index (χ1v) is 6.57. The Kier molecular flexibility index (Phi) is 3.01. The molecule has 0 aliphatic rings. The maximum Gasteiger partial charge on any atom is 0.270 e. The van der Waals surface area contributed by atoms with E-state index in [1.807, 2.05) is 0 Å². The molecule has 1 aromatic rings. The average molecular weight is 259 g/mol. The van der Waals surface area contributed by atoms with Gasteiger partial charge in [-0.25, -0.2) is 8.42 Å². The molecule has 72 valence electrons. The summed E-state index contributed by atoms with van der Waals surface area (Å²) in [4.78, 5) is 11.3. The third-order valence-electron chi connectivity index (χ3n) is 1.35. The van der Waals surface area contributed by atoms with Gasteiger partial charge in [-0.3, -0.25) is 4.79 Å². The van der Waals surface area contributed by atoms with Gasteiger partial charge in [-0.05, 0) is 24.6 Å². The molecule has 0 spiro atoms. The average Bonchev–Trinajstić information content (AvgIpc) is 2.29. The van der Waals surface area contributed by atoms with Crippen molar-refractivity contribution in [3.63, 3.8) is 0 Å². The smallest absolute Gasteiger partial charge is 0.270 e. The van der Waals surface area contributed by atoms with E-state index in [9.17, 15) is 13.2 Å². The van der Waals surface area contributed by atoms with Gasteiger partial charge >= 0.3 is 0 Å². The van der Waals surface area contributed by atoms with Crippen LogP contribution in [0.4, 0.5) is 0 Å². The van der Waals surface area contributed by atoms with E-state index in [1.54, 1.807) is 6.92 Å². The molecule has 0 unspecified atom stereocenters. The van der Waals surface area contributed by atoms with Gasteiger partial charge in [-0.1, -0.05) is 0 Å². The number of carbonyl (C=O) groups is 1. The van der Waals surface area contributed by atoms with Gasteiger partial charge in [0.05, 0.1) is 0 Å². The van der Waals surface area contributed by atoms with Crippen molar-refractivity contribution < 1.29 is 13.2 Å². The molecule has 0 aliphatic heterocycles. The Bertz CT molecular complexity index is 446. The number of aryl methyl sites for hydroxylation is 1. The molecule has 1 rings (SSSR count). The van der Waals surface area contributed by atoms with Gasteiger partial charge in [0.2, 0.25) is 0 Å². The number of thiophene rings is 1. The maximum absolute atomic E-state index is 10.8. The molecule has 0 saturated heterocycles. The highest BCUT2D eigenvalue weighted by molar-refractivity contribution is 8.15. The van der Waals surface area contributed by atoms with Crippen molar-refractivity contribution in [3.05, 3.63) is 16.5 Å². The number of carbonyl (C=O) groups excluding carboxylic acids is 1. The molecule has 0 aliphatic carbocycles. The molecule has 3 nitrogen and oxygen atoms in total. The van der Waals surface area contributed by atoms with Gasteiger partial charge in [0, 0.05) is 21.1 Å². The number of rotatable bonds is 2. The van der Waals surface area contributed by atoms with Crippen molar-refractivity contribution in [1.82, 2.24) is 0 Å². The van der Waals surface area contributed by atoms with E-state index < -0.39 is 14.3 Å². The second kappa shape index (κ2) is 3.57. The highest BCUT2D eigenvalue weighted by atomic mass is 35.7. The summed E-state index contributed by atoms with van der Waals surface area (Å²) in [6, 6.07) is 1.18. The SMILES string of the molecule is Cc1sc(S(=O)(=O)Cl)cc1C(=O)Cl. The molecule has 0 bridgehead atoms. The molecule has 1 aromatic heterocycles. The topological polar surface area (TPSA) is 51.2 Å². The highest BCUT2D eigenvalue weighted by Crippen LogP contribution is 2.28. The lowest BCUT2D eigenvalue weighted by Crippen LogP contribution is -1.88. The van der Waals surface area contributed by atoms with Crippen LogP contribution in [-0.2, 0) is 9.05 Å². The summed E-state index contributed by atoms with van der Waals surface area (Å²) in [7, 11) is 1.32. The predicted molar refractivity (Wildman–Crippen MR) is 52.3 cm³/mol. The fourth-order valence-electron chi connectivity index (χ4n) is 0.770. The molecule has 0 fully saturated rings. The third kappa shape index (κ3) is 2.43. The quantitative estimate of drug-likeness (QED) is 0.766. The lowest BCUT2D eigenvalue weighted by atomic mass is 10.3. The first kappa shape index (κ1) is 11.0. The lowest BCUT2D eigenvalue weighted by Gasteiger charge is -1.85. The van der Waals surface area contributed by atoms with Crippen LogP contribution in [0.2, 0.25) is 0 Å². The van der Waals surface area contributed by atoms with Crippen LogP contribution in [0.25, 0.3) is 0 Å². The monoisotopic (exact) mass is 258 g/mol. The van der Waals surface area contributed by atoms with E-state index in [1.165, 1.54) is 6.07 Å². The molecule has 0 atom stereocenters. The zero-order valence-electron chi connectivity index (χ0n) is 6.37. The van der Waals surface area contributed by atoms with Gasteiger partial charge in [0.15, 0.2) is 0 Å². The van der Waals surface area contributed by atoms with Crippen LogP contribution in [0.15, 0.2) is 10.3 Å². The highest BCUT2D eigenvalue weighted by Gasteiger charge is 2.18. The Morgan fingerprint density at radius 2 is 2.08 bits per heavy atom. The summed E-state index contributed by atoms with van der Waals surface area (Å²) in [5, 5.41) is -0.680. The van der Waals surface area contributed by atoms with Crippen molar-refractivity contribution in [2.24, 2.45) is 0 Å². The van der Waals surface area contributed by atoms with Crippen molar-refractivity contribution in [3.8, 4) is 0 Å². The number of hydrogen-bond acceptors (Lipinski definition) is 4. The van der Waals surface area contributed by atoms with Crippen LogP contribution in [-0.4, -0.2) is 13.7 Å². The van der Waals surface area contributed by atoms with Crippen LogP contribution < -0.4 is 0 Å².